The molecule has 0 bridgehead atoms. The van der Waals surface area contributed by atoms with E-state index >= 15 is 0 Å². The lowest BCUT2D eigenvalue weighted by Gasteiger charge is -2.42. The van der Waals surface area contributed by atoms with Crippen LogP contribution in [0.5, 0.6) is 5.75 Å². The van der Waals surface area contributed by atoms with Gasteiger partial charge in [0.15, 0.2) is 0 Å². The molecule has 1 aromatic carbocycles. The van der Waals surface area contributed by atoms with Crippen LogP contribution >= 0.6 is 0 Å². The molecule has 2 heterocycles. The zero-order valence-electron chi connectivity index (χ0n) is 16.7. The molecule has 4 heteroatoms. The molecule has 2 saturated heterocycles. The highest BCUT2D eigenvalue weighted by atomic mass is 16.5. The first-order valence-electron chi connectivity index (χ1n) is 10.2. The van der Waals surface area contributed by atoms with Crippen molar-refractivity contribution in [3.63, 3.8) is 0 Å². The number of carbonyl (C=O) groups is 1. The van der Waals surface area contributed by atoms with E-state index in [1.807, 2.05) is 6.07 Å². The molecule has 0 spiro atoms. The van der Waals surface area contributed by atoms with Crippen LogP contribution in [0.25, 0.3) is 0 Å². The van der Waals surface area contributed by atoms with Gasteiger partial charge >= 0.3 is 0 Å². The van der Waals surface area contributed by atoms with Gasteiger partial charge in [-0.2, -0.15) is 0 Å². The summed E-state index contributed by atoms with van der Waals surface area (Å²) in [5.74, 6) is 2.00. The molecule has 0 aliphatic carbocycles. The quantitative estimate of drug-likeness (QED) is 0.805. The predicted octanol–water partition coefficient (Wildman–Crippen LogP) is 3.66. The molecule has 0 aromatic heterocycles. The number of carbonyl (C=O) groups excluding carboxylic acids is 1. The van der Waals surface area contributed by atoms with Crippen LogP contribution in [0.2, 0.25) is 0 Å². The summed E-state index contributed by atoms with van der Waals surface area (Å²) in [6, 6.07) is 6.95. The minimum Gasteiger partial charge on any atom is -0.496 e. The van der Waals surface area contributed by atoms with Gasteiger partial charge in [0.2, 0.25) is 5.91 Å². The van der Waals surface area contributed by atoms with Crippen LogP contribution < -0.4 is 4.74 Å². The van der Waals surface area contributed by atoms with Crippen LogP contribution in [-0.4, -0.2) is 55.5 Å². The fraction of sp³-hybridized carbons (Fsp3) is 0.682. The summed E-state index contributed by atoms with van der Waals surface area (Å²) in [4.78, 5) is 17.3. The summed E-state index contributed by atoms with van der Waals surface area (Å²) >= 11 is 0. The Morgan fingerprint density at radius 2 is 1.92 bits per heavy atom. The molecule has 3 rings (SSSR count). The van der Waals surface area contributed by atoms with Crippen molar-refractivity contribution in [2.75, 3.05) is 33.8 Å². The molecule has 0 unspecified atom stereocenters. The van der Waals surface area contributed by atoms with Crippen LogP contribution in [-0.2, 0) is 11.2 Å². The topological polar surface area (TPSA) is 32.8 Å². The van der Waals surface area contributed by atoms with Crippen molar-refractivity contribution < 1.29 is 9.53 Å². The van der Waals surface area contributed by atoms with E-state index in [0.717, 1.165) is 42.8 Å². The Bertz CT molecular complexity index is 608. The Balaban J connectivity index is 1.45. The highest BCUT2D eigenvalue weighted by Gasteiger charge is 2.31. The highest BCUT2D eigenvalue weighted by Crippen LogP contribution is 2.30. The molecule has 1 aromatic rings. The molecule has 4 nitrogen and oxygen atoms in total. The molecule has 26 heavy (non-hydrogen) atoms. The standard InChI is InChI=1S/C22H34N2O2/c1-17-16-18(7-9-21(17)26-3)8-10-22(25)24-14-11-19(12-15-24)20-6-4-5-13-23(20)2/h7,9,16,19-20H,4-6,8,10-15H2,1-3H3/t20-/m0/s1. The number of methoxy groups -OCH3 is 1. The molecule has 1 atom stereocenters. The number of rotatable bonds is 5. The lowest BCUT2D eigenvalue weighted by Crippen LogP contribution is -2.47. The number of nitrogens with zero attached hydrogens (tertiary/aromatic N) is 2. The Morgan fingerprint density at radius 1 is 1.15 bits per heavy atom. The summed E-state index contributed by atoms with van der Waals surface area (Å²) in [6.45, 7) is 5.17. The maximum absolute atomic E-state index is 12.6. The summed E-state index contributed by atoms with van der Waals surface area (Å²) in [7, 11) is 3.97. The second-order valence-corrected chi connectivity index (χ2v) is 8.07. The van der Waals surface area contributed by atoms with Gasteiger partial charge in [0, 0.05) is 25.6 Å². The Morgan fingerprint density at radius 3 is 2.58 bits per heavy atom. The molecule has 2 aliphatic rings. The molecule has 1 amide bonds. The molecule has 144 valence electrons. The van der Waals surface area contributed by atoms with Crippen molar-refractivity contribution in [1.82, 2.24) is 9.80 Å². The van der Waals surface area contributed by atoms with Crippen LogP contribution in [0.3, 0.4) is 0 Å². The summed E-state index contributed by atoms with van der Waals surface area (Å²) in [5.41, 5.74) is 2.35. The van der Waals surface area contributed by atoms with Crippen LogP contribution in [0.15, 0.2) is 18.2 Å². The van der Waals surface area contributed by atoms with Crippen molar-refractivity contribution in [2.45, 2.75) is 57.9 Å². The summed E-state index contributed by atoms with van der Waals surface area (Å²) in [6.07, 6.45) is 7.82. The number of piperidine rings is 2. The molecule has 2 aliphatic heterocycles. The number of aryl methyl sites for hydroxylation is 2. The predicted molar refractivity (Wildman–Crippen MR) is 106 cm³/mol. The second kappa shape index (κ2) is 8.90. The van der Waals surface area contributed by atoms with Crippen molar-refractivity contribution in [1.29, 1.82) is 0 Å². The largest absolute Gasteiger partial charge is 0.496 e. The lowest BCUT2D eigenvalue weighted by molar-refractivity contribution is -0.132. The molecular formula is C22H34N2O2. The van der Waals surface area contributed by atoms with E-state index < -0.39 is 0 Å². The van der Waals surface area contributed by atoms with Crippen LogP contribution in [0.4, 0.5) is 0 Å². The third kappa shape index (κ3) is 4.59. The monoisotopic (exact) mass is 358 g/mol. The average molecular weight is 359 g/mol. The third-order valence-corrected chi connectivity index (χ3v) is 6.35. The summed E-state index contributed by atoms with van der Waals surface area (Å²) < 4.78 is 5.31. The van der Waals surface area contributed by atoms with Crippen LogP contribution in [0.1, 0.15) is 49.7 Å². The van der Waals surface area contributed by atoms with Gasteiger partial charge in [-0.05, 0) is 75.7 Å². The molecule has 0 N–H and O–H groups in total. The Kier molecular flexibility index (Phi) is 6.58. The third-order valence-electron chi connectivity index (χ3n) is 6.35. The fourth-order valence-corrected chi connectivity index (χ4v) is 4.74. The van der Waals surface area contributed by atoms with Crippen molar-refractivity contribution in [3.05, 3.63) is 29.3 Å². The first-order valence-corrected chi connectivity index (χ1v) is 10.2. The molecule has 2 fully saturated rings. The van der Waals surface area contributed by atoms with E-state index in [0.29, 0.717) is 12.3 Å². The van der Waals surface area contributed by atoms with E-state index in [4.69, 9.17) is 4.74 Å². The van der Waals surface area contributed by atoms with E-state index in [9.17, 15) is 4.79 Å². The van der Waals surface area contributed by atoms with E-state index in [2.05, 4.69) is 35.9 Å². The van der Waals surface area contributed by atoms with Gasteiger partial charge in [-0.3, -0.25) is 4.79 Å². The van der Waals surface area contributed by atoms with Gasteiger partial charge < -0.3 is 14.5 Å². The van der Waals surface area contributed by atoms with E-state index in [1.165, 1.54) is 44.2 Å². The first kappa shape index (κ1) is 19.2. The number of amides is 1. The Hall–Kier alpha value is -1.55. The highest BCUT2D eigenvalue weighted by molar-refractivity contribution is 5.76. The normalized spacial score (nSPS) is 22.4. The van der Waals surface area contributed by atoms with Gasteiger partial charge in [0.25, 0.3) is 0 Å². The second-order valence-electron chi connectivity index (χ2n) is 8.07. The van der Waals surface area contributed by atoms with Crippen molar-refractivity contribution in [3.8, 4) is 5.75 Å². The summed E-state index contributed by atoms with van der Waals surface area (Å²) in [5, 5.41) is 0. The lowest BCUT2D eigenvalue weighted by atomic mass is 9.84. The average Bonchev–Trinajstić information content (AvgIpc) is 2.67. The zero-order chi connectivity index (χ0) is 18.5. The number of benzene rings is 1. The van der Waals surface area contributed by atoms with E-state index in [1.54, 1.807) is 7.11 Å². The van der Waals surface area contributed by atoms with Gasteiger partial charge in [0.05, 0.1) is 7.11 Å². The van der Waals surface area contributed by atoms with Gasteiger partial charge in [-0.1, -0.05) is 18.6 Å². The SMILES string of the molecule is COc1ccc(CCC(=O)N2CCC([C@@H]3CCCCN3C)CC2)cc1C. The minimum absolute atomic E-state index is 0.314. The minimum atomic E-state index is 0.314. The van der Waals surface area contributed by atoms with Gasteiger partial charge in [0.1, 0.15) is 5.75 Å². The number of ether oxygens (including phenoxy) is 1. The van der Waals surface area contributed by atoms with Crippen molar-refractivity contribution in [2.24, 2.45) is 5.92 Å². The van der Waals surface area contributed by atoms with Gasteiger partial charge in [-0.25, -0.2) is 0 Å². The number of hydrogen-bond acceptors (Lipinski definition) is 3. The van der Waals surface area contributed by atoms with E-state index in [-0.39, 0.29) is 0 Å². The zero-order valence-corrected chi connectivity index (χ0v) is 16.7. The molecule has 0 saturated carbocycles. The molecular weight excluding hydrogens is 324 g/mol. The molecule has 0 radical (unpaired) electrons. The number of likely N-dealkylation sites (tertiary alicyclic amines) is 2. The van der Waals surface area contributed by atoms with Gasteiger partial charge in [-0.15, -0.1) is 0 Å². The number of hydrogen-bond donors (Lipinski definition) is 0. The maximum atomic E-state index is 12.6. The van der Waals surface area contributed by atoms with Crippen LogP contribution in [0, 0.1) is 12.8 Å². The van der Waals surface area contributed by atoms with Crippen molar-refractivity contribution >= 4 is 5.91 Å². The smallest absolute Gasteiger partial charge is 0.222 e. The Labute approximate surface area is 158 Å². The maximum Gasteiger partial charge on any atom is 0.222 e. The first-order chi connectivity index (χ1) is 12.6. The fourth-order valence-electron chi connectivity index (χ4n) is 4.74.